The molecule has 2 aromatic rings. The highest BCUT2D eigenvalue weighted by molar-refractivity contribution is 5.97. The molecule has 2 aliphatic heterocycles. The van der Waals surface area contributed by atoms with E-state index in [9.17, 15) is 9.59 Å². The van der Waals surface area contributed by atoms with Gasteiger partial charge >= 0.3 is 0 Å². The van der Waals surface area contributed by atoms with Crippen LogP contribution >= 0.6 is 0 Å². The molecule has 2 amide bonds. The van der Waals surface area contributed by atoms with E-state index < -0.39 is 0 Å². The van der Waals surface area contributed by atoms with E-state index in [4.69, 9.17) is 0 Å². The largest absolute Gasteiger partial charge is 0.342 e. The SMILES string of the molecule is CC(C)n1ncc2cc(C(=O)N3CCC(C(=O)N4CCCCC4)CC3)cnc21. The quantitative estimate of drug-likeness (QED) is 0.817. The molecule has 0 atom stereocenters. The van der Waals surface area contributed by atoms with Crippen LogP contribution in [0.3, 0.4) is 0 Å². The van der Waals surface area contributed by atoms with Gasteiger partial charge in [0.25, 0.3) is 5.91 Å². The lowest BCUT2D eigenvalue weighted by Gasteiger charge is -2.35. The van der Waals surface area contributed by atoms with Crippen molar-refractivity contribution in [2.45, 2.75) is 52.0 Å². The summed E-state index contributed by atoms with van der Waals surface area (Å²) in [5.41, 5.74) is 1.40. The molecular weight excluding hydrogens is 354 g/mol. The summed E-state index contributed by atoms with van der Waals surface area (Å²) >= 11 is 0. The Balaban J connectivity index is 1.39. The van der Waals surface area contributed by atoms with E-state index in [1.54, 1.807) is 12.4 Å². The maximum atomic E-state index is 12.9. The summed E-state index contributed by atoms with van der Waals surface area (Å²) in [6, 6.07) is 2.10. The van der Waals surface area contributed by atoms with E-state index >= 15 is 0 Å². The zero-order valence-corrected chi connectivity index (χ0v) is 16.8. The number of rotatable bonds is 3. The molecule has 4 rings (SSSR count). The molecule has 28 heavy (non-hydrogen) atoms. The average Bonchev–Trinajstić information content (AvgIpc) is 3.17. The molecule has 0 saturated carbocycles. The van der Waals surface area contributed by atoms with Crippen molar-refractivity contribution in [3.05, 3.63) is 24.0 Å². The molecule has 4 heterocycles. The summed E-state index contributed by atoms with van der Waals surface area (Å²) in [6.07, 6.45) is 8.38. The molecule has 2 aliphatic rings. The first-order valence-corrected chi connectivity index (χ1v) is 10.5. The van der Waals surface area contributed by atoms with Crippen LogP contribution in [-0.4, -0.2) is 62.6 Å². The summed E-state index contributed by atoms with van der Waals surface area (Å²) in [4.78, 5) is 34.0. The standard InChI is InChI=1S/C21H29N5O2/c1-15(2)26-19-17(14-23-26)12-18(13-22-19)21(28)25-10-6-16(7-11-25)20(27)24-8-4-3-5-9-24/h12-16H,3-11H2,1-2H3. The van der Waals surface area contributed by atoms with Crippen LogP contribution in [0.1, 0.15) is 62.4 Å². The summed E-state index contributed by atoms with van der Waals surface area (Å²) in [5.74, 6) is 0.346. The van der Waals surface area contributed by atoms with Crippen LogP contribution in [-0.2, 0) is 4.79 Å². The molecule has 0 N–H and O–H groups in total. The van der Waals surface area contributed by atoms with Crippen LogP contribution in [0.2, 0.25) is 0 Å². The van der Waals surface area contributed by atoms with Crippen molar-refractivity contribution in [3.63, 3.8) is 0 Å². The second kappa shape index (κ2) is 7.89. The third-order valence-electron chi connectivity index (χ3n) is 5.97. The minimum atomic E-state index is -0.00410. The minimum Gasteiger partial charge on any atom is -0.342 e. The Morgan fingerprint density at radius 1 is 1.00 bits per heavy atom. The Morgan fingerprint density at radius 2 is 1.71 bits per heavy atom. The smallest absolute Gasteiger partial charge is 0.255 e. The lowest BCUT2D eigenvalue weighted by atomic mass is 9.94. The summed E-state index contributed by atoms with van der Waals surface area (Å²) < 4.78 is 1.86. The average molecular weight is 383 g/mol. The first-order chi connectivity index (χ1) is 13.5. The summed E-state index contributed by atoms with van der Waals surface area (Å²) in [5, 5.41) is 5.25. The van der Waals surface area contributed by atoms with Gasteiger partial charge in [-0.15, -0.1) is 0 Å². The minimum absolute atomic E-state index is 0.00410. The van der Waals surface area contributed by atoms with Crippen LogP contribution in [0.5, 0.6) is 0 Å². The molecular formula is C21H29N5O2. The first kappa shape index (κ1) is 18.9. The molecule has 2 saturated heterocycles. The number of carbonyl (C=O) groups is 2. The lowest BCUT2D eigenvalue weighted by Crippen LogP contribution is -2.45. The number of aromatic nitrogens is 3. The predicted octanol–water partition coefficient (Wildman–Crippen LogP) is 2.88. The molecule has 0 spiro atoms. The molecule has 0 radical (unpaired) electrons. The highest BCUT2D eigenvalue weighted by atomic mass is 16.2. The van der Waals surface area contributed by atoms with E-state index in [-0.39, 0.29) is 23.8 Å². The summed E-state index contributed by atoms with van der Waals surface area (Å²) in [7, 11) is 0. The van der Waals surface area contributed by atoms with Crippen molar-refractivity contribution in [1.29, 1.82) is 0 Å². The third kappa shape index (κ3) is 3.62. The maximum absolute atomic E-state index is 12.9. The van der Waals surface area contributed by atoms with Crippen LogP contribution in [0.15, 0.2) is 18.5 Å². The number of nitrogens with zero attached hydrogens (tertiary/aromatic N) is 5. The van der Waals surface area contributed by atoms with E-state index in [1.807, 2.05) is 20.5 Å². The number of amides is 2. The van der Waals surface area contributed by atoms with E-state index in [0.29, 0.717) is 18.7 Å². The Kier molecular flexibility index (Phi) is 5.33. The Hall–Kier alpha value is -2.44. The van der Waals surface area contributed by atoms with Crippen LogP contribution in [0.25, 0.3) is 11.0 Å². The fourth-order valence-corrected chi connectivity index (χ4v) is 4.32. The zero-order chi connectivity index (χ0) is 19.7. The zero-order valence-electron chi connectivity index (χ0n) is 16.8. The fraction of sp³-hybridized carbons (Fsp3) is 0.619. The fourth-order valence-electron chi connectivity index (χ4n) is 4.32. The second-order valence-corrected chi connectivity index (χ2v) is 8.27. The monoisotopic (exact) mass is 383 g/mol. The van der Waals surface area contributed by atoms with Gasteiger partial charge in [-0.25, -0.2) is 9.67 Å². The molecule has 7 nitrogen and oxygen atoms in total. The highest BCUT2D eigenvalue weighted by Crippen LogP contribution is 2.24. The van der Waals surface area contributed by atoms with Crippen molar-refractivity contribution in [1.82, 2.24) is 24.6 Å². The normalized spacial score (nSPS) is 18.8. The maximum Gasteiger partial charge on any atom is 0.255 e. The Bertz CT molecular complexity index is 861. The van der Waals surface area contributed by atoms with Gasteiger partial charge in [0.2, 0.25) is 5.91 Å². The third-order valence-corrected chi connectivity index (χ3v) is 5.97. The van der Waals surface area contributed by atoms with Crippen molar-refractivity contribution in [3.8, 4) is 0 Å². The summed E-state index contributed by atoms with van der Waals surface area (Å²) in [6.45, 7) is 7.17. The van der Waals surface area contributed by atoms with Gasteiger partial charge in [-0.3, -0.25) is 9.59 Å². The number of pyridine rings is 1. The van der Waals surface area contributed by atoms with Gasteiger partial charge in [-0.05, 0) is 52.0 Å². The molecule has 0 unspecified atom stereocenters. The second-order valence-electron chi connectivity index (χ2n) is 8.27. The van der Waals surface area contributed by atoms with Crippen molar-refractivity contribution in [2.24, 2.45) is 5.92 Å². The molecule has 7 heteroatoms. The topological polar surface area (TPSA) is 71.3 Å². The number of hydrogen-bond acceptors (Lipinski definition) is 4. The molecule has 2 fully saturated rings. The first-order valence-electron chi connectivity index (χ1n) is 10.5. The van der Waals surface area contributed by atoms with Crippen LogP contribution in [0, 0.1) is 5.92 Å². The molecule has 2 aromatic heterocycles. The van der Waals surface area contributed by atoms with Crippen molar-refractivity contribution < 1.29 is 9.59 Å². The molecule has 0 aromatic carbocycles. The highest BCUT2D eigenvalue weighted by Gasteiger charge is 2.31. The van der Waals surface area contributed by atoms with E-state index in [2.05, 4.69) is 23.9 Å². The number of likely N-dealkylation sites (tertiary alicyclic amines) is 2. The molecule has 150 valence electrons. The predicted molar refractivity (Wildman–Crippen MR) is 107 cm³/mol. The van der Waals surface area contributed by atoms with Gasteiger partial charge in [0.05, 0.1) is 11.8 Å². The number of fused-ring (bicyclic) bond motifs is 1. The van der Waals surface area contributed by atoms with Gasteiger partial charge in [0.15, 0.2) is 5.65 Å². The molecule has 0 aliphatic carbocycles. The Labute approximate surface area is 165 Å². The van der Waals surface area contributed by atoms with Crippen molar-refractivity contribution in [2.75, 3.05) is 26.2 Å². The molecule has 0 bridgehead atoms. The number of piperidine rings is 2. The van der Waals surface area contributed by atoms with Gasteiger partial charge in [0.1, 0.15) is 0 Å². The van der Waals surface area contributed by atoms with Crippen LogP contribution < -0.4 is 0 Å². The van der Waals surface area contributed by atoms with E-state index in [0.717, 1.165) is 49.8 Å². The van der Waals surface area contributed by atoms with Gasteiger partial charge in [0, 0.05) is 49.7 Å². The van der Waals surface area contributed by atoms with Gasteiger partial charge in [-0.2, -0.15) is 5.10 Å². The Morgan fingerprint density at radius 3 is 2.39 bits per heavy atom. The van der Waals surface area contributed by atoms with Crippen molar-refractivity contribution >= 4 is 22.8 Å². The van der Waals surface area contributed by atoms with Crippen LogP contribution in [0.4, 0.5) is 0 Å². The van der Waals surface area contributed by atoms with Gasteiger partial charge in [-0.1, -0.05) is 0 Å². The lowest BCUT2D eigenvalue weighted by molar-refractivity contribution is -0.137. The number of hydrogen-bond donors (Lipinski definition) is 0. The number of carbonyl (C=O) groups excluding carboxylic acids is 2. The van der Waals surface area contributed by atoms with Gasteiger partial charge < -0.3 is 9.80 Å². The van der Waals surface area contributed by atoms with E-state index in [1.165, 1.54) is 6.42 Å².